The molecular formula is C30H35N3O5S. The Kier molecular flexibility index (Phi) is 7.55. The zero-order valence-corrected chi connectivity index (χ0v) is 23.6. The van der Waals surface area contributed by atoms with E-state index in [0.717, 1.165) is 25.2 Å². The first-order valence-corrected chi connectivity index (χ1v) is 14.7. The second-order valence-electron chi connectivity index (χ2n) is 10.2. The lowest BCUT2D eigenvalue weighted by molar-refractivity contribution is -0.121. The van der Waals surface area contributed by atoms with Crippen LogP contribution in [0.25, 0.3) is 0 Å². The van der Waals surface area contributed by atoms with E-state index in [-0.39, 0.29) is 23.5 Å². The van der Waals surface area contributed by atoms with E-state index in [1.54, 1.807) is 36.4 Å². The number of fused-ring (bicyclic) bond motifs is 3. The summed E-state index contributed by atoms with van der Waals surface area (Å²) in [6, 6.07) is 19.5. The fourth-order valence-electron chi connectivity index (χ4n) is 5.54. The Labute approximate surface area is 230 Å². The first kappa shape index (κ1) is 27.0. The number of hydrogen-bond acceptors (Lipinski definition) is 6. The van der Waals surface area contributed by atoms with Crippen LogP contribution in [-0.4, -0.2) is 65.7 Å². The van der Waals surface area contributed by atoms with E-state index in [2.05, 4.69) is 37.1 Å². The molecule has 2 aliphatic heterocycles. The molecule has 0 spiro atoms. The number of likely N-dealkylation sites (N-methyl/N-ethyl adjacent to an activating group) is 1. The van der Waals surface area contributed by atoms with Crippen LogP contribution in [0.1, 0.15) is 30.4 Å². The Morgan fingerprint density at radius 2 is 1.67 bits per heavy atom. The van der Waals surface area contributed by atoms with E-state index in [1.807, 2.05) is 11.8 Å². The van der Waals surface area contributed by atoms with E-state index in [4.69, 9.17) is 9.47 Å². The van der Waals surface area contributed by atoms with Crippen LogP contribution >= 0.6 is 0 Å². The van der Waals surface area contributed by atoms with Gasteiger partial charge in [0.15, 0.2) is 6.61 Å². The van der Waals surface area contributed by atoms with Gasteiger partial charge in [-0.05, 0) is 94.0 Å². The third kappa shape index (κ3) is 5.33. The highest BCUT2D eigenvalue weighted by Gasteiger charge is 2.43. The highest BCUT2D eigenvalue weighted by Crippen LogP contribution is 2.45. The molecule has 206 valence electrons. The highest BCUT2D eigenvalue weighted by molar-refractivity contribution is 7.92. The van der Waals surface area contributed by atoms with Crippen molar-refractivity contribution in [3.05, 3.63) is 77.9 Å². The quantitative estimate of drug-likeness (QED) is 0.414. The maximum absolute atomic E-state index is 13.4. The number of sulfonamides is 1. The minimum atomic E-state index is -3.75. The summed E-state index contributed by atoms with van der Waals surface area (Å²) in [5.74, 6) is 1.35. The lowest BCUT2D eigenvalue weighted by atomic mass is 9.89. The first-order valence-electron chi connectivity index (χ1n) is 13.2. The molecule has 2 aliphatic rings. The second kappa shape index (κ2) is 10.9. The van der Waals surface area contributed by atoms with Crippen LogP contribution in [0.5, 0.6) is 11.5 Å². The van der Waals surface area contributed by atoms with Gasteiger partial charge in [0.2, 0.25) is 0 Å². The first-order chi connectivity index (χ1) is 18.7. The maximum atomic E-state index is 13.4. The van der Waals surface area contributed by atoms with Crippen LogP contribution in [0.3, 0.4) is 0 Å². The molecule has 0 aliphatic carbocycles. The van der Waals surface area contributed by atoms with Gasteiger partial charge in [0, 0.05) is 31.2 Å². The number of benzene rings is 3. The number of nitrogens with zero attached hydrogens (tertiary/aromatic N) is 3. The fourth-order valence-corrected chi connectivity index (χ4v) is 6.74. The van der Waals surface area contributed by atoms with E-state index in [1.165, 1.54) is 34.6 Å². The van der Waals surface area contributed by atoms with Gasteiger partial charge < -0.3 is 19.3 Å². The van der Waals surface area contributed by atoms with E-state index in [9.17, 15) is 13.2 Å². The summed E-state index contributed by atoms with van der Waals surface area (Å²) in [5.41, 5.74) is 3.90. The lowest BCUT2D eigenvalue weighted by Crippen LogP contribution is -2.48. The van der Waals surface area contributed by atoms with Crippen molar-refractivity contribution in [1.29, 1.82) is 0 Å². The zero-order chi connectivity index (χ0) is 27.7. The van der Waals surface area contributed by atoms with Crippen molar-refractivity contribution in [2.24, 2.45) is 0 Å². The summed E-state index contributed by atoms with van der Waals surface area (Å²) in [5, 5.41) is 0. The third-order valence-electron chi connectivity index (χ3n) is 7.58. The van der Waals surface area contributed by atoms with Crippen molar-refractivity contribution < 1.29 is 22.7 Å². The Morgan fingerprint density at radius 1 is 1.00 bits per heavy atom. The lowest BCUT2D eigenvalue weighted by Gasteiger charge is -2.36. The zero-order valence-electron chi connectivity index (χ0n) is 22.8. The Balaban J connectivity index is 1.26. The number of piperidine rings is 1. The summed E-state index contributed by atoms with van der Waals surface area (Å²) in [6.45, 7) is 6.26. The molecule has 0 bridgehead atoms. The smallest absolute Gasteiger partial charge is 0.265 e. The largest absolute Gasteiger partial charge is 0.494 e. The number of carbonyl (C=O) groups excluding carboxylic acids is 1. The van der Waals surface area contributed by atoms with Crippen molar-refractivity contribution in [2.45, 2.75) is 37.1 Å². The Morgan fingerprint density at radius 3 is 2.36 bits per heavy atom. The molecule has 8 nitrogen and oxygen atoms in total. The molecule has 1 saturated heterocycles. The van der Waals surface area contributed by atoms with Gasteiger partial charge in [-0.2, -0.15) is 0 Å². The van der Waals surface area contributed by atoms with Crippen LogP contribution in [0.4, 0.5) is 11.4 Å². The van der Waals surface area contributed by atoms with Crippen LogP contribution in [-0.2, 0) is 14.8 Å². The molecule has 39 heavy (non-hydrogen) atoms. The van der Waals surface area contributed by atoms with Gasteiger partial charge >= 0.3 is 0 Å². The van der Waals surface area contributed by atoms with Gasteiger partial charge in [0.1, 0.15) is 11.5 Å². The fraction of sp³-hybridized carbons (Fsp3) is 0.367. The molecular weight excluding hydrogens is 514 g/mol. The average Bonchev–Trinajstić information content (AvgIpc) is 3.25. The van der Waals surface area contributed by atoms with Gasteiger partial charge in [0.05, 0.1) is 17.2 Å². The standard InChI is InChI=1S/C30H35N3O5S/c1-5-37-23-11-13-25(14-12-23)39(35,36)32(4)22-7-9-24(10-8-22)38-20-30(34)33-28-15-6-21(2)18-26(28)27-19-31(3)17-16-29(27)33/h6-15,18,27,29H,5,16-17,19-20H2,1-4H3/t27-,29+/m0/s1. The Hall–Kier alpha value is -3.56. The van der Waals surface area contributed by atoms with Crippen LogP contribution in [0, 0.1) is 6.92 Å². The second-order valence-corrected chi connectivity index (χ2v) is 12.2. The minimum absolute atomic E-state index is 0.0728. The normalized spacial score (nSPS) is 18.8. The summed E-state index contributed by atoms with van der Waals surface area (Å²) in [6.07, 6.45) is 0.921. The van der Waals surface area contributed by atoms with Crippen molar-refractivity contribution in [2.75, 3.05) is 49.6 Å². The van der Waals surface area contributed by atoms with Gasteiger partial charge in [-0.15, -0.1) is 0 Å². The van der Waals surface area contributed by atoms with Crippen molar-refractivity contribution in [3.63, 3.8) is 0 Å². The topological polar surface area (TPSA) is 79.4 Å². The molecule has 1 fully saturated rings. The molecule has 9 heteroatoms. The Bertz CT molecular complexity index is 1440. The summed E-state index contributed by atoms with van der Waals surface area (Å²) >= 11 is 0. The van der Waals surface area contributed by atoms with E-state index in [0.29, 0.717) is 29.7 Å². The molecule has 1 amide bonds. The predicted molar refractivity (Wildman–Crippen MR) is 152 cm³/mol. The molecule has 0 aromatic heterocycles. The van der Waals surface area contributed by atoms with Gasteiger partial charge in [-0.3, -0.25) is 9.10 Å². The van der Waals surface area contributed by atoms with Crippen LogP contribution < -0.4 is 18.7 Å². The van der Waals surface area contributed by atoms with Crippen molar-refractivity contribution >= 4 is 27.3 Å². The minimum Gasteiger partial charge on any atom is -0.494 e. The molecule has 2 atom stereocenters. The molecule has 0 N–H and O–H groups in total. The van der Waals surface area contributed by atoms with Crippen LogP contribution in [0.15, 0.2) is 71.6 Å². The van der Waals surface area contributed by atoms with Crippen molar-refractivity contribution in [1.82, 2.24) is 4.90 Å². The molecule has 0 unspecified atom stereocenters. The molecule has 3 aromatic rings. The molecule has 5 rings (SSSR count). The predicted octanol–water partition coefficient (Wildman–Crippen LogP) is 4.43. The number of ether oxygens (including phenoxy) is 2. The average molecular weight is 550 g/mol. The monoisotopic (exact) mass is 549 g/mol. The number of likely N-dealkylation sites (tertiary alicyclic amines) is 1. The van der Waals surface area contributed by atoms with Gasteiger partial charge in [0.25, 0.3) is 15.9 Å². The van der Waals surface area contributed by atoms with Crippen LogP contribution in [0.2, 0.25) is 0 Å². The number of hydrogen-bond donors (Lipinski definition) is 0. The van der Waals surface area contributed by atoms with Gasteiger partial charge in [-0.25, -0.2) is 8.42 Å². The SMILES string of the molecule is CCOc1ccc(S(=O)(=O)N(C)c2ccc(OCC(=O)N3c4ccc(C)cc4[C@@H]4CN(C)CC[C@H]43)cc2)cc1. The molecule has 0 saturated carbocycles. The van der Waals surface area contributed by atoms with Gasteiger partial charge in [-0.1, -0.05) is 17.7 Å². The summed E-state index contributed by atoms with van der Waals surface area (Å²) in [4.78, 5) is 17.9. The number of rotatable bonds is 8. The maximum Gasteiger partial charge on any atom is 0.265 e. The number of carbonyl (C=O) groups is 1. The molecule has 2 heterocycles. The number of anilines is 2. The molecule has 3 aromatic carbocycles. The molecule has 0 radical (unpaired) electrons. The number of aryl methyl sites for hydroxylation is 1. The van der Waals surface area contributed by atoms with E-state index >= 15 is 0 Å². The highest BCUT2D eigenvalue weighted by atomic mass is 32.2. The van der Waals surface area contributed by atoms with Crippen molar-refractivity contribution in [3.8, 4) is 11.5 Å². The summed E-state index contributed by atoms with van der Waals surface area (Å²) in [7, 11) is -0.109. The van der Waals surface area contributed by atoms with E-state index < -0.39 is 10.0 Å². The summed E-state index contributed by atoms with van der Waals surface area (Å²) < 4.78 is 38.7. The number of amides is 1. The third-order valence-corrected chi connectivity index (χ3v) is 9.38.